The van der Waals surface area contributed by atoms with Gasteiger partial charge >= 0.3 is 0 Å². The van der Waals surface area contributed by atoms with Gasteiger partial charge in [0.25, 0.3) is 0 Å². The monoisotopic (exact) mass is 228 g/mol. The number of hydrogen-bond donors (Lipinski definition) is 3. The normalized spacial score (nSPS) is 23.3. The average molecular weight is 228 g/mol. The number of amides is 1. The summed E-state index contributed by atoms with van der Waals surface area (Å²) in [5.41, 5.74) is 4.37. The van der Waals surface area contributed by atoms with Crippen LogP contribution in [0.3, 0.4) is 0 Å². The van der Waals surface area contributed by atoms with Gasteiger partial charge in [0.2, 0.25) is 5.91 Å². The van der Waals surface area contributed by atoms with Gasteiger partial charge < -0.3 is 16.2 Å². The van der Waals surface area contributed by atoms with Crippen LogP contribution in [-0.2, 0) is 4.79 Å². The Hall–Kier alpha value is -0.610. The summed E-state index contributed by atoms with van der Waals surface area (Å²) in [5.74, 6) is 0.162. The Kier molecular flexibility index (Phi) is 3.97. The van der Waals surface area contributed by atoms with Gasteiger partial charge in [-0.15, -0.1) is 0 Å². The molecule has 1 amide bonds. The topological polar surface area (TPSA) is 75.3 Å². The predicted octanol–water partition coefficient (Wildman–Crippen LogP) is 0.781. The molecule has 16 heavy (non-hydrogen) atoms. The Morgan fingerprint density at radius 1 is 1.50 bits per heavy atom. The number of nitrogens with two attached hydrogens (primary N) is 1. The fourth-order valence-corrected chi connectivity index (χ4v) is 1.96. The Labute approximate surface area is 97.6 Å². The van der Waals surface area contributed by atoms with E-state index >= 15 is 0 Å². The van der Waals surface area contributed by atoms with E-state index in [9.17, 15) is 9.90 Å². The summed E-state index contributed by atoms with van der Waals surface area (Å²) < 4.78 is 0. The summed E-state index contributed by atoms with van der Waals surface area (Å²) in [7, 11) is 0. The molecule has 94 valence electrons. The standard InChI is InChI=1S/C12H24N2O2/c1-4-7-11(2,16)8-14-10(15)12(3,13)9-5-6-9/h9,16H,4-8,13H2,1-3H3,(H,14,15). The lowest BCUT2D eigenvalue weighted by atomic mass is 9.95. The smallest absolute Gasteiger partial charge is 0.240 e. The van der Waals surface area contributed by atoms with Gasteiger partial charge in [-0.2, -0.15) is 0 Å². The number of carbonyl (C=O) groups is 1. The van der Waals surface area contributed by atoms with Crippen molar-refractivity contribution in [1.82, 2.24) is 5.32 Å². The Morgan fingerprint density at radius 2 is 2.06 bits per heavy atom. The fourth-order valence-electron chi connectivity index (χ4n) is 1.96. The first-order chi connectivity index (χ1) is 7.29. The highest BCUT2D eigenvalue weighted by Crippen LogP contribution is 2.38. The van der Waals surface area contributed by atoms with Crippen LogP contribution in [0.15, 0.2) is 0 Å². The first kappa shape index (κ1) is 13.5. The molecule has 0 saturated heterocycles. The third kappa shape index (κ3) is 3.46. The van der Waals surface area contributed by atoms with Crippen LogP contribution in [0.1, 0.15) is 46.5 Å². The van der Waals surface area contributed by atoms with Crippen molar-refractivity contribution in [2.45, 2.75) is 57.6 Å². The van der Waals surface area contributed by atoms with E-state index in [1.165, 1.54) is 0 Å². The molecule has 2 unspecified atom stereocenters. The summed E-state index contributed by atoms with van der Waals surface area (Å²) in [6.07, 6.45) is 3.64. The molecule has 0 aromatic carbocycles. The van der Waals surface area contributed by atoms with Gasteiger partial charge in [0.05, 0.1) is 11.1 Å². The van der Waals surface area contributed by atoms with Crippen LogP contribution in [0.5, 0.6) is 0 Å². The van der Waals surface area contributed by atoms with E-state index in [1.807, 2.05) is 6.92 Å². The second-order valence-corrected chi connectivity index (χ2v) is 5.49. The molecular weight excluding hydrogens is 204 g/mol. The minimum Gasteiger partial charge on any atom is -0.388 e. The molecule has 0 aromatic heterocycles. The zero-order chi connectivity index (χ0) is 12.4. The largest absolute Gasteiger partial charge is 0.388 e. The summed E-state index contributed by atoms with van der Waals surface area (Å²) >= 11 is 0. The van der Waals surface area contributed by atoms with E-state index in [-0.39, 0.29) is 12.5 Å². The zero-order valence-electron chi connectivity index (χ0n) is 10.5. The molecule has 0 aromatic rings. The lowest BCUT2D eigenvalue weighted by Gasteiger charge is -2.27. The van der Waals surface area contributed by atoms with E-state index in [0.29, 0.717) is 12.3 Å². The quantitative estimate of drug-likeness (QED) is 0.629. The molecule has 1 fully saturated rings. The molecule has 4 heteroatoms. The number of aliphatic hydroxyl groups is 1. The first-order valence-corrected chi connectivity index (χ1v) is 6.09. The van der Waals surface area contributed by atoms with Gasteiger partial charge in [-0.1, -0.05) is 13.3 Å². The Balaban J connectivity index is 2.40. The fraction of sp³-hybridized carbons (Fsp3) is 0.917. The average Bonchev–Trinajstić information content (AvgIpc) is 2.97. The number of carbonyl (C=O) groups excluding carboxylic acids is 1. The lowest BCUT2D eigenvalue weighted by Crippen LogP contribution is -2.55. The molecular formula is C12H24N2O2. The molecule has 0 radical (unpaired) electrons. The van der Waals surface area contributed by atoms with Gasteiger partial charge in [-0.05, 0) is 39.0 Å². The summed E-state index contributed by atoms with van der Waals surface area (Å²) in [4.78, 5) is 11.8. The van der Waals surface area contributed by atoms with Gasteiger partial charge in [-0.25, -0.2) is 0 Å². The highest BCUT2D eigenvalue weighted by atomic mass is 16.3. The predicted molar refractivity (Wildman–Crippen MR) is 63.9 cm³/mol. The summed E-state index contributed by atoms with van der Waals surface area (Å²) in [6.45, 7) is 5.79. The molecule has 1 saturated carbocycles. The second kappa shape index (κ2) is 4.72. The highest BCUT2D eigenvalue weighted by Gasteiger charge is 2.44. The Morgan fingerprint density at radius 3 is 2.50 bits per heavy atom. The molecule has 2 atom stereocenters. The minimum atomic E-state index is -0.829. The van der Waals surface area contributed by atoms with Crippen molar-refractivity contribution < 1.29 is 9.90 Å². The van der Waals surface area contributed by atoms with Gasteiger partial charge in [0, 0.05) is 6.54 Å². The SMILES string of the molecule is CCCC(C)(O)CNC(=O)C(C)(N)C1CC1. The first-order valence-electron chi connectivity index (χ1n) is 6.09. The van der Waals surface area contributed by atoms with E-state index in [1.54, 1.807) is 13.8 Å². The van der Waals surface area contributed by atoms with Crippen LogP contribution in [0.25, 0.3) is 0 Å². The summed E-state index contributed by atoms with van der Waals surface area (Å²) in [6, 6.07) is 0. The van der Waals surface area contributed by atoms with Crippen molar-refractivity contribution in [2.24, 2.45) is 11.7 Å². The molecule has 0 spiro atoms. The van der Waals surface area contributed by atoms with E-state index in [0.717, 1.165) is 19.3 Å². The van der Waals surface area contributed by atoms with Crippen molar-refractivity contribution >= 4 is 5.91 Å². The molecule has 0 bridgehead atoms. The number of rotatable bonds is 6. The molecule has 1 aliphatic rings. The third-order valence-electron chi connectivity index (χ3n) is 3.33. The van der Waals surface area contributed by atoms with E-state index in [2.05, 4.69) is 5.32 Å². The van der Waals surface area contributed by atoms with Crippen molar-refractivity contribution in [3.05, 3.63) is 0 Å². The maximum absolute atomic E-state index is 11.8. The molecule has 4 N–H and O–H groups in total. The molecule has 1 aliphatic carbocycles. The van der Waals surface area contributed by atoms with Crippen LogP contribution in [0.4, 0.5) is 0 Å². The third-order valence-corrected chi connectivity index (χ3v) is 3.33. The highest BCUT2D eigenvalue weighted by molar-refractivity contribution is 5.86. The van der Waals surface area contributed by atoms with Gasteiger partial charge in [0.15, 0.2) is 0 Å². The number of nitrogens with one attached hydrogen (secondary N) is 1. The van der Waals surface area contributed by atoms with Crippen LogP contribution in [-0.4, -0.2) is 28.7 Å². The van der Waals surface area contributed by atoms with Crippen molar-refractivity contribution in [2.75, 3.05) is 6.54 Å². The van der Waals surface area contributed by atoms with E-state index in [4.69, 9.17) is 5.73 Å². The number of hydrogen-bond acceptors (Lipinski definition) is 3. The zero-order valence-corrected chi connectivity index (χ0v) is 10.5. The van der Waals surface area contributed by atoms with Gasteiger partial charge in [0.1, 0.15) is 0 Å². The minimum absolute atomic E-state index is 0.147. The molecule has 0 heterocycles. The van der Waals surface area contributed by atoms with Crippen molar-refractivity contribution in [3.8, 4) is 0 Å². The molecule has 1 rings (SSSR count). The Bertz CT molecular complexity index is 258. The van der Waals surface area contributed by atoms with Crippen LogP contribution in [0.2, 0.25) is 0 Å². The molecule has 0 aliphatic heterocycles. The van der Waals surface area contributed by atoms with Crippen LogP contribution < -0.4 is 11.1 Å². The van der Waals surface area contributed by atoms with Crippen molar-refractivity contribution in [1.29, 1.82) is 0 Å². The summed E-state index contributed by atoms with van der Waals surface area (Å²) in [5, 5.41) is 12.7. The van der Waals surface area contributed by atoms with Crippen LogP contribution >= 0.6 is 0 Å². The lowest BCUT2D eigenvalue weighted by molar-refractivity contribution is -0.127. The second-order valence-electron chi connectivity index (χ2n) is 5.49. The maximum Gasteiger partial charge on any atom is 0.240 e. The van der Waals surface area contributed by atoms with Crippen molar-refractivity contribution in [3.63, 3.8) is 0 Å². The van der Waals surface area contributed by atoms with E-state index < -0.39 is 11.1 Å². The maximum atomic E-state index is 11.8. The molecule has 4 nitrogen and oxygen atoms in total. The van der Waals surface area contributed by atoms with Crippen LogP contribution in [0, 0.1) is 5.92 Å². The van der Waals surface area contributed by atoms with Gasteiger partial charge in [-0.3, -0.25) is 4.79 Å².